The van der Waals surface area contributed by atoms with Gasteiger partial charge in [-0.3, -0.25) is 0 Å². The van der Waals surface area contributed by atoms with Crippen LogP contribution in [0.1, 0.15) is 74.6 Å². The summed E-state index contributed by atoms with van der Waals surface area (Å²) in [7, 11) is -1.34. The predicted molar refractivity (Wildman–Crippen MR) is 220 cm³/mol. The van der Waals surface area contributed by atoms with Gasteiger partial charge in [-0.1, -0.05) is 123 Å². The van der Waals surface area contributed by atoms with E-state index in [0.29, 0.717) is 11.8 Å². The van der Waals surface area contributed by atoms with Gasteiger partial charge in [0.1, 0.15) is 5.58 Å². The van der Waals surface area contributed by atoms with Crippen molar-refractivity contribution >= 4 is 35.2 Å². The van der Waals surface area contributed by atoms with Crippen LogP contribution < -0.4 is 5.19 Å². The number of pyridine rings is 2. The number of aromatic nitrogens is 2. The zero-order chi connectivity index (χ0) is 36.3. The molecule has 52 heavy (non-hydrogen) atoms. The molecule has 0 fully saturated rings. The van der Waals surface area contributed by atoms with Crippen LogP contribution in [-0.2, 0) is 20.1 Å². The van der Waals surface area contributed by atoms with Gasteiger partial charge in [-0.05, 0) is 78.4 Å². The van der Waals surface area contributed by atoms with Crippen LogP contribution in [-0.4, -0.2) is 18.0 Å². The Morgan fingerprint density at radius 3 is 2.13 bits per heavy atom. The molecule has 7 rings (SSSR count). The van der Waals surface area contributed by atoms with E-state index in [1.807, 2.05) is 30.5 Å². The third-order valence-corrected chi connectivity index (χ3v) is 11.9. The van der Waals surface area contributed by atoms with Crippen molar-refractivity contribution in [1.29, 1.82) is 0 Å². The Labute approximate surface area is 325 Å². The maximum absolute atomic E-state index is 6.44. The van der Waals surface area contributed by atoms with Crippen LogP contribution in [0.3, 0.4) is 0 Å². The second-order valence-electron chi connectivity index (χ2n) is 15.1. The normalized spacial score (nSPS) is 11.5. The number of benzene rings is 4. The third-order valence-electron chi connectivity index (χ3n) is 9.84. The Morgan fingerprint density at radius 1 is 0.731 bits per heavy atom. The Balaban J connectivity index is 0.000000225. The summed E-state index contributed by atoms with van der Waals surface area (Å²) in [5.41, 5.74) is 13.4. The van der Waals surface area contributed by atoms with Crippen molar-refractivity contribution in [2.24, 2.45) is 0 Å². The summed E-state index contributed by atoms with van der Waals surface area (Å²) in [5.74, 6) is 1.08. The van der Waals surface area contributed by atoms with Crippen molar-refractivity contribution in [3.63, 3.8) is 0 Å². The zero-order valence-electron chi connectivity index (χ0n) is 32.0. The van der Waals surface area contributed by atoms with E-state index in [9.17, 15) is 0 Å². The van der Waals surface area contributed by atoms with Crippen LogP contribution in [0.4, 0.5) is 0 Å². The first-order chi connectivity index (χ1) is 24.5. The molecule has 7 aromatic rings. The molecular weight excluding hydrogens is 829 g/mol. The summed E-state index contributed by atoms with van der Waals surface area (Å²) in [4.78, 5) is 9.34. The fraction of sp³-hybridized carbons (Fsp3) is 0.277. The third kappa shape index (κ3) is 8.55. The number of aryl methyl sites for hydroxylation is 2. The maximum Gasteiger partial charge on any atom is 0.121 e. The number of rotatable bonds is 8. The van der Waals surface area contributed by atoms with E-state index in [4.69, 9.17) is 4.42 Å². The summed E-state index contributed by atoms with van der Waals surface area (Å²) in [6.45, 7) is 20.4. The number of hydrogen-bond acceptors (Lipinski definition) is 3. The molecule has 0 N–H and O–H groups in total. The van der Waals surface area contributed by atoms with Gasteiger partial charge in [0.2, 0.25) is 0 Å². The Hall–Kier alpha value is -4.15. The van der Waals surface area contributed by atoms with Gasteiger partial charge in [-0.2, -0.15) is 0 Å². The SMILES string of the molecule is CC(C)c1cc(-c2[c-]cccc2)ncc1[Si](C)(C)C.CCC(CC)c1ccnc(-c2[c-]ccc3c2oc2cc(-c4cc(C)cc(C)c4)ccc23)c1.[Ir]. The number of hydrogen-bond donors (Lipinski definition) is 0. The molecule has 0 aliphatic heterocycles. The van der Waals surface area contributed by atoms with Crippen molar-refractivity contribution in [2.75, 3.05) is 0 Å². The maximum atomic E-state index is 6.44. The smallest absolute Gasteiger partial charge is 0.121 e. The second kappa shape index (κ2) is 16.7. The molecular formula is C47H50IrN2OSi-2. The number of fused-ring (bicyclic) bond motifs is 3. The van der Waals surface area contributed by atoms with Gasteiger partial charge in [-0.15, -0.1) is 54.1 Å². The zero-order valence-corrected chi connectivity index (χ0v) is 35.4. The molecule has 3 heterocycles. The number of nitrogens with zero attached hydrogens (tertiary/aromatic N) is 2. The average Bonchev–Trinajstić information content (AvgIpc) is 3.50. The van der Waals surface area contributed by atoms with E-state index in [1.165, 1.54) is 38.6 Å². The molecule has 0 spiro atoms. The van der Waals surface area contributed by atoms with Crippen molar-refractivity contribution in [3.8, 4) is 33.6 Å². The van der Waals surface area contributed by atoms with Crippen molar-refractivity contribution in [1.82, 2.24) is 9.97 Å². The van der Waals surface area contributed by atoms with E-state index >= 15 is 0 Å². The fourth-order valence-electron chi connectivity index (χ4n) is 7.13. The summed E-state index contributed by atoms with van der Waals surface area (Å²) in [5, 5.41) is 3.71. The summed E-state index contributed by atoms with van der Waals surface area (Å²) in [6.07, 6.45) is 6.26. The van der Waals surface area contributed by atoms with Crippen LogP contribution >= 0.6 is 0 Å². The molecule has 3 aromatic heterocycles. The second-order valence-corrected chi connectivity index (χ2v) is 20.1. The first kappa shape index (κ1) is 39.1. The summed E-state index contributed by atoms with van der Waals surface area (Å²) < 4.78 is 6.44. The Bertz CT molecular complexity index is 2260. The fourth-order valence-corrected chi connectivity index (χ4v) is 8.80. The van der Waals surface area contributed by atoms with Crippen molar-refractivity contribution in [3.05, 3.63) is 138 Å². The average molecular weight is 879 g/mol. The number of furan rings is 1. The topological polar surface area (TPSA) is 38.9 Å². The van der Waals surface area contributed by atoms with Gasteiger partial charge in [-0.25, -0.2) is 0 Å². The van der Waals surface area contributed by atoms with Gasteiger partial charge in [0.15, 0.2) is 0 Å². The van der Waals surface area contributed by atoms with E-state index in [-0.39, 0.29) is 20.1 Å². The minimum absolute atomic E-state index is 0. The largest absolute Gasteiger partial charge is 0.501 e. The molecule has 5 heteroatoms. The predicted octanol–water partition coefficient (Wildman–Crippen LogP) is 12.9. The molecule has 0 atom stereocenters. The molecule has 4 aromatic carbocycles. The monoisotopic (exact) mass is 879 g/mol. The van der Waals surface area contributed by atoms with E-state index in [1.54, 1.807) is 0 Å². The minimum Gasteiger partial charge on any atom is -0.501 e. The van der Waals surface area contributed by atoms with Gasteiger partial charge >= 0.3 is 0 Å². The molecule has 0 saturated carbocycles. The van der Waals surface area contributed by atoms with Gasteiger partial charge < -0.3 is 14.4 Å². The molecule has 0 saturated heterocycles. The van der Waals surface area contributed by atoms with E-state index < -0.39 is 8.07 Å². The molecule has 3 nitrogen and oxygen atoms in total. The Kier molecular flexibility index (Phi) is 12.5. The van der Waals surface area contributed by atoms with Gasteiger partial charge in [0, 0.05) is 37.9 Å². The van der Waals surface area contributed by atoms with Gasteiger partial charge in [0.05, 0.1) is 13.7 Å². The van der Waals surface area contributed by atoms with Crippen molar-refractivity contribution < 1.29 is 24.5 Å². The van der Waals surface area contributed by atoms with Crippen molar-refractivity contribution in [2.45, 2.75) is 85.9 Å². The standard InChI is InChI=1S/C30H28NO.C17H22NSi.Ir/c1-5-21(6-2)23-12-13-31-28(17-23)27-9-7-8-26-25-11-10-22(18-29(25)32-30(26)27)24-15-19(3)14-20(4)16-24;1-13(2)15-11-16(14-9-7-6-8-10-14)18-12-17(15)19(3,4)5;/h7-8,10-18,21H,5-6H2,1-4H3;6-9,11-13H,1-5H3;/q2*-1;. The first-order valence-electron chi connectivity index (χ1n) is 18.4. The first-order valence-corrected chi connectivity index (χ1v) is 21.9. The molecule has 0 unspecified atom stereocenters. The Morgan fingerprint density at radius 2 is 1.48 bits per heavy atom. The van der Waals surface area contributed by atoms with E-state index in [0.717, 1.165) is 57.3 Å². The van der Waals surface area contributed by atoms with E-state index in [2.05, 4.69) is 156 Å². The van der Waals surface area contributed by atoms with Crippen LogP contribution in [0.2, 0.25) is 19.6 Å². The van der Waals surface area contributed by atoms with Crippen LogP contribution in [0.15, 0.2) is 108 Å². The van der Waals surface area contributed by atoms with Gasteiger partial charge in [0.25, 0.3) is 0 Å². The van der Waals surface area contributed by atoms with Crippen LogP contribution in [0.25, 0.3) is 55.6 Å². The summed E-state index contributed by atoms with van der Waals surface area (Å²) >= 11 is 0. The molecule has 0 aliphatic carbocycles. The van der Waals surface area contributed by atoms with Crippen LogP contribution in [0, 0.1) is 26.0 Å². The molecule has 0 amide bonds. The van der Waals surface area contributed by atoms with Crippen LogP contribution in [0.5, 0.6) is 0 Å². The molecule has 269 valence electrons. The summed E-state index contributed by atoms with van der Waals surface area (Å²) in [6, 6.07) is 38.5. The molecule has 0 aliphatic rings. The molecule has 0 bridgehead atoms. The molecule has 1 radical (unpaired) electrons. The minimum atomic E-state index is -1.34. The quantitative estimate of drug-likeness (QED) is 0.113.